The van der Waals surface area contributed by atoms with Gasteiger partial charge in [-0.3, -0.25) is 9.59 Å². The smallest absolute Gasteiger partial charge is 0.437 e. The minimum absolute atomic E-state index is 0.0310. The SMILES string of the molecule is CCOC(=O)CCN(Cc1ccco1)C(=O)Cn1nc(-c2ccccc2)oc1=O. The lowest BCUT2D eigenvalue weighted by Crippen LogP contribution is -2.37. The highest BCUT2D eigenvalue weighted by Gasteiger charge is 2.20. The van der Waals surface area contributed by atoms with E-state index in [1.165, 1.54) is 11.2 Å². The van der Waals surface area contributed by atoms with Crippen LogP contribution in [0.3, 0.4) is 0 Å². The molecule has 152 valence electrons. The predicted molar refractivity (Wildman–Crippen MR) is 102 cm³/mol. The van der Waals surface area contributed by atoms with Crippen LogP contribution in [0, 0.1) is 0 Å². The fourth-order valence-electron chi connectivity index (χ4n) is 2.67. The van der Waals surface area contributed by atoms with Crippen molar-refractivity contribution in [1.29, 1.82) is 0 Å². The Morgan fingerprint density at radius 2 is 1.97 bits per heavy atom. The van der Waals surface area contributed by atoms with E-state index in [4.69, 9.17) is 13.6 Å². The normalized spacial score (nSPS) is 10.7. The molecule has 2 aromatic heterocycles. The standard InChI is InChI=1S/C20H21N3O6/c1-2-27-18(25)10-11-22(13-16-9-6-12-28-16)17(24)14-23-20(26)29-19(21-23)15-7-4-3-5-8-15/h3-9,12H,2,10-11,13-14H2,1H3. The van der Waals surface area contributed by atoms with E-state index in [1.807, 2.05) is 6.07 Å². The Morgan fingerprint density at radius 3 is 2.66 bits per heavy atom. The van der Waals surface area contributed by atoms with Gasteiger partial charge in [0.1, 0.15) is 12.3 Å². The van der Waals surface area contributed by atoms with E-state index in [0.29, 0.717) is 11.3 Å². The monoisotopic (exact) mass is 399 g/mol. The van der Waals surface area contributed by atoms with Crippen LogP contribution in [0.25, 0.3) is 11.5 Å². The number of rotatable bonds is 9. The average Bonchev–Trinajstić information content (AvgIpc) is 3.36. The van der Waals surface area contributed by atoms with Gasteiger partial charge in [0.15, 0.2) is 0 Å². The molecule has 0 aliphatic heterocycles. The summed E-state index contributed by atoms with van der Waals surface area (Å²) in [5.41, 5.74) is 0.630. The van der Waals surface area contributed by atoms with Gasteiger partial charge < -0.3 is 18.5 Å². The summed E-state index contributed by atoms with van der Waals surface area (Å²) in [6.45, 7) is 1.94. The Balaban J connectivity index is 1.72. The fraction of sp³-hybridized carbons (Fsp3) is 0.300. The first-order valence-electron chi connectivity index (χ1n) is 9.16. The molecule has 0 bridgehead atoms. The van der Waals surface area contributed by atoms with Crippen LogP contribution in [-0.2, 0) is 27.4 Å². The van der Waals surface area contributed by atoms with Gasteiger partial charge in [-0.05, 0) is 31.2 Å². The number of benzene rings is 1. The van der Waals surface area contributed by atoms with Crippen molar-refractivity contribution >= 4 is 11.9 Å². The van der Waals surface area contributed by atoms with Gasteiger partial charge in [-0.1, -0.05) is 18.2 Å². The molecule has 0 atom stereocenters. The van der Waals surface area contributed by atoms with E-state index in [9.17, 15) is 14.4 Å². The minimum atomic E-state index is -0.736. The maximum Gasteiger partial charge on any atom is 0.437 e. The molecule has 0 aliphatic carbocycles. The van der Waals surface area contributed by atoms with Crippen LogP contribution in [0.1, 0.15) is 19.1 Å². The van der Waals surface area contributed by atoms with Gasteiger partial charge in [-0.25, -0.2) is 4.79 Å². The molecule has 0 radical (unpaired) electrons. The molecule has 9 nitrogen and oxygen atoms in total. The Hall–Kier alpha value is -3.62. The van der Waals surface area contributed by atoms with Crippen molar-refractivity contribution in [2.24, 2.45) is 0 Å². The largest absolute Gasteiger partial charge is 0.467 e. The molecule has 0 aliphatic rings. The van der Waals surface area contributed by atoms with Crippen LogP contribution in [0.15, 0.2) is 62.4 Å². The van der Waals surface area contributed by atoms with Crippen molar-refractivity contribution < 1.29 is 23.2 Å². The number of aromatic nitrogens is 2. The molecule has 9 heteroatoms. The summed E-state index contributed by atoms with van der Waals surface area (Å²) >= 11 is 0. The lowest BCUT2D eigenvalue weighted by Gasteiger charge is -2.21. The third kappa shape index (κ3) is 5.44. The van der Waals surface area contributed by atoms with Crippen LogP contribution in [0.5, 0.6) is 0 Å². The van der Waals surface area contributed by atoms with Crippen LogP contribution in [0.4, 0.5) is 0 Å². The first-order chi connectivity index (χ1) is 14.1. The molecule has 3 aromatic rings. The second-order valence-electron chi connectivity index (χ2n) is 6.15. The number of furan rings is 1. The van der Waals surface area contributed by atoms with Crippen LogP contribution >= 0.6 is 0 Å². The van der Waals surface area contributed by atoms with Gasteiger partial charge in [0, 0.05) is 12.1 Å². The first-order valence-corrected chi connectivity index (χ1v) is 9.16. The molecular formula is C20H21N3O6. The summed E-state index contributed by atoms with van der Waals surface area (Å²) in [5.74, 6) is -0.858. The third-order valence-electron chi connectivity index (χ3n) is 4.08. The molecule has 1 aromatic carbocycles. The molecule has 3 rings (SSSR count). The zero-order valence-corrected chi connectivity index (χ0v) is 15.9. The van der Waals surface area contributed by atoms with Gasteiger partial charge in [0.25, 0.3) is 0 Å². The number of hydrogen-bond acceptors (Lipinski definition) is 7. The molecule has 2 heterocycles. The average molecular weight is 399 g/mol. The van der Waals surface area contributed by atoms with Crippen molar-refractivity contribution in [2.45, 2.75) is 26.4 Å². The summed E-state index contributed by atoms with van der Waals surface area (Å²) in [7, 11) is 0. The van der Waals surface area contributed by atoms with Crippen LogP contribution in [0.2, 0.25) is 0 Å². The van der Waals surface area contributed by atoms with E-state index in [-0.39, 0.29) is 38.6 Å². The van der Waals surface area contributed by atoms with Crippen LogP contribution in [-0.4, -0.2) is 39.7 Å². The van der Waals surface area contributed by atoms with Crippen molar-refractivity contribution in [3.05, 3.63) is 65.0 Å². The van der Waals surface area contributed by atoms with Gasteiger partial charge in [-0.2, -0.15) is 4.68 Å². The summed E-state index contributed by atoms with van der Waals surface area (Å²) in [5, 5.41) is 4.10. The zero-order valence-electron chi connectivity index (χ0n) is 15.9. The molecule has 0 fully saturated rings. The summed E-state index contributed by atoms with van der Waals surface area (Å²) < 4.78 is 16.3. The molecule has 0 saturated carbocycles. The maximum atomic E-state index is 12.8. The van der Waals surface area contributed by atoms with Crippen molar-refractivity contribution in [2.75, 3.05) is 13.2 Å². The molecule has 0 spiro atoms. The van der Waals surface area contributed by atoms with Gasteiger partial charge in [0.05, 0.1) is 25.8 Å². The second-order valence-corrected chi connectivity index (χ2v) is 6.15. The molecule has 0 saturated heterocycles. The van der Waals surface area contributed by atoms with E-state index in [1.54, 1.807) is 43.3 Å². The van der Waals surface area contributed by atoms with E-state index >= 15 is 0 Å². The highest BCUT2D eigenvalue weighted by atomic mass is 16.5. The summed E-state index contributed by atoms with van der Waals surface area (Å²) in [6.07, 6.45) is 1.53. The predicted octanol–water partition coefficient (Wildman–Crippen LogP) is 2.08. The van der Waals surface area contributed by atoms with E-state index in [0.717, 1.165) is 4.68 Å². The van der Waals surface area contributed by atoms with Gasteiger partial charge >= 0.3 is 11.7 Å². The molecule has 29 heavy (non-hydrogen) atoms. The highest BCUT2D eigenvalue weighted by Crippen LogP contribution is 2.14. The number of carbonyl (C=O) groups excluding carboxylic acids is 2. The fourth-order valence-corrected chi connectivity index (χ4v) is 2.67. The number of ether oxygens (including phenoxy) is 1. The molecular weight excluding hydrogens is 378 g/mol. The third-order valence-corrected chi connectivity index (χ3v) is 4.08. The van der Waals surface area contributed by atoms with Crippen LogP contribution < -0.4 is 5.76 Å². The molecule has 0 unspecified atom stereocenters. The summed E-state index contributed by atoms with van der Waals surface area (Å²) in [6, 6.07) is 12.3. The Kier molecular flexibility index (Phi) is 6.62. The number of amides is 1. The lowest BCUT2D eigenvalue weighted by atomic mass is 10.2. The molecule has 1 amide bonds. The second kappa shape index (κ2) is 9.54. The van der Waals surface area contributed by atoms with E-state index in [2.05, 4.69) is 5.10 Å². The zero-order chi connectivity index (χ0) is 20.6. The first kappa shape index (κ1) is 20.1. The Morgan fingerprint density at radius 1 is 1.17 bits per heavy atom. The number of carbonyl (C=O) groups is 2. The Bertz CT molecular complexity index is 991. The van der Waals surface area contributed by atoms with Gasteiger partial charge in [0.2, 0.25) is 11.8 Å². The quantitative estimate of drug-likeness (QED) is 0.507. The van der Waals surface area contributed by atoms with E-state index < -0.39 is 17.6 Å². The highest BCUT2D eigenvalue weighted by molar-refractivity contribution is 5.77. The topological polar surface area (TPSA) is 108 Å². The summed E-state index contributed by atoms with van der Waals surface area (Å²) in [4.78, 5) is 38.0. The molecule has 0 N–H and O–H groups in total. The van der Waals surface area contributed by atoms with Crippen molar-refractivity contribution in [1.82, 2.24) is 14.7 Å². The lowest BCUT2D eigenvalue weighted by molar-refractivity contribution is -0.144. The van der Waals surface area contributed by atoms with Gasteiger partial charge in [-0.15, -0.1) is 5.10 Å². The van der Waals surface area contributed by atoms with Crippen molar-refractivity contribution in [3.8, 4) is 11.5 Å². The minimum Gasteiger partial charge on any atom is -0.467 e. The number of nitrogens with zero attached hydrogens (tertiary/aromatic N) is 3. The van der Waals surface area contributed by atoms with Crippen molar-refractivity contribution in [3.63, 3.8) is 0 Å². The maximum absolute atomic E-state index is 12.8. The number of esters is 1. The number of hydrogen-bond donors (Lipinski definition) is 0. The Labute approximate surface area is 166 Å².